The third-order valence-corrected chi connectivity index (χ3v) is 7.07. The molecule has 0 spiro atoms. The second-order valence-electron chi connectivity index (χ2n) is 7.73. The van der Waals surface area contributed by atoms with Gasteiger partial charge in [-0.15, -0.1) is 0 Å². The molecule has 0 saturated carbocycles. The minimum Gasteiger partial charge on any atom is -0.396 e. The van der Waals surface area contributed by atoms with Crippen LogP contribution < -0.4 is 10.6 Å². The van der Waals surface area contributed by atoms with Crippen LogP contribution in [0.3, 0.4) is 0 Å². The number of benzene rings is 1. The van der Waals surface area contributed by atoms with Crippen molar-refractivity contribution in [2.45, 2.75) is 44.0 Å². The zero-order valence-corrected chi connectivity index (χ0v) is 18.1. The summed E-state index contributed by atoms with van der Waals surface area (Å²) >= 11 is 0. The summed E-state index contributed by atoms with van der Waals surface area (Å²) in [5, 5.41) is 14.3. The van der Waals surface area contributed by atoms with E-state index in [9.17, 15) is 22.4 Å². The van der Waals surface area contributed by atoms with Gasteiger partial charge in [0.2, 0.25) is 21.8 Å². The molecular weight excluding hydrogens is 413 g/mol. The molecule has 2 rings (SSSR count). The van der Waals surface area contributed by atoms with Crippen molar-refractivity contribution in [3.05, 3.63) is 30.1 Å². The minimum absolute atomic E-state index is 0.0197. The van der Waals surface area contributed by atoms with Crippen LogP contribution in [0, 0.1) is 17.7 Å². The van der Waals surface area contributed by atoms with Gasteiger partial charge in [0.15, 0.2) is 0 Å². The summed E-state index contributed by atoms with van der Waals surface area (Å²) in [7, 11) is -3.74. The number of aliphatic hydroxyl groups excluding tert-OH is 1. The Bertz CT molecular complexity index is 821. The monoisotopic (exact) mass is 443 g/mol. The zero-order chi connectivity index (χ0) is 22.3. The lowest BCUT2D eigenvalue weighted by atomic mass is 9.95. The van der Waals surface area contributed by atoms with Gasteiger partial charge in [0.1, 0.15) is 11.9 Å². The molecule has 10 heteroatoms. The second kappa shape index (κ2) is 10.8. The number of piperidine rings is 1. The first-order valence-electron chi connectivity index (χ1n) is 10.1. The molecule has 0 aromatic heterocycles. The average molecular weight is 444 g/mol. The Morgan fingerprint density at radius 1 is 1.20 bits per heavy atom. The lowest BCUT2D eigenvalue weighted by Gasteiger charge is -2.32. The molecular formula is C20H30FN3O5S. The smallest absolute Gasteiger partial charge is 0.243 e. The molecule has 3 N–H and O–H groups in total. The average Bonchev–Trinajstić information content (AvgIpc) is 2.72. The van der Waals surface area contributed by atoms with Gasteiger partial charge >= 0.3 is 0 Å². The normalized spacial score (nSPS) is 17.0. The number of amides is 2. The van der Waals surface area contributed by atoms with E-state index in [0.717, 1.165) is 12.1 Å². The topological polar surface area (TPSA) is 116 Å². The van der Waals surface area contributed by atoms with Gasteiger partial charge in [-0.3, -0.25) is 9.59 Å². The number of aliphatic hydroxyl groups is 1. The molecule has 1 aliphatic rings. The molecule has 1 fully saturated rings. The van der Waals surface area contributed by atoms with E-state index in [-0.39, 0.29) is 42.3 Å². The Balaban J connectivity index is 1.94. The van der Waals surface area contributed by atoms with Crippen molar-refractivity contribution in [2.75, 3.05) is 26.2 Å². The molecule has 1 saturated heterocycles. The first kappa shape index (κ1) is 24.2. The first-order chi connectivity index (χ1) is 14.2. The summed E-state index contributed by atoms with van der Waals surface area (Å²) in [6.07, 6.45) is 1.11. The van der Waals surface area contributed by atoms with Crippen LogP contribution in [0.15, 0.2) is 29.2 Å². The summed E-state index contributed by atoms with van der Waals surface area (Å²) < 4.78 is 39.7. The van der Waals surface area contributed by atoms with Gasteiger partial charge in [-0.25, -0.2) is 12.8 Å². The molecule has 8 nitrogen and oxygen atoms in total. The van der Waals surface area contributed by atoms with Crippen LogP contribution in [0.2, 0.25) is 0 Å². The van der Waals surface area contributed by atoms with Crippen LogP contribution in [0.25, 0.3) is 0 Å². The molecule has 0 radical (unpaired) electrons. The van der Waals surface area contributed by atoms with Gasteiger partial charge in [-0.1, -0.05) is 13.8 Å². The largest absolute Gasteiger partial charge is 0.396 e. The maximum atomic E-state index is 13.1. The van der Waals surface area contributed by atoms with Gasteiger partial charge in [0.05, 0.1) is 4.90 Å². The summed E-state index contributed by atoms with van der Waals surface area (Å²) in [6, 6.07) is 3.96. The van der Waals surface area contributed by atoms with Crippen LogP contribution in [-0.2, 0) is 19.6 Å². The SMILES string of the molecule is CC(C)[C@H](NC(=O)C1CCN(S(=O)(=O)c2ccc(F)cc2)CC1)C(=O)NCCCO. The van der Waals surface area contributed by atoms with Crippen molar-refractivity contribution >= 4 is 21.8 Å². The third kappa shape index (κ3) is 6.23. The molecule has 1 heterocycles. The Kier molecular flexibility index (Phi) is 8.75. The van der Waals surface area contributed by atoms with Crippen molar-refractivity contribution in [3.63, 3.8) is 0 Å². The van der Waals surface area contributed by atoms with E-state index >= 15 is 0 Å². The number of halogens is 1. The van der Waals surface area contributed by atoms with Crippen LogP contribution in [0.5, 0.6) is 0 Å². The predicted molar refractivity (Wildman–Crippen MR) is 109 cm³/mol. The Morgan fingerprint density at radius 3 is 2.33 bits per heavy atom. The fourth-order valence-corrected chi connectivity index (χ4v) is 4.79. The number of nitrogens with one attached hydrogen (secondary N) is 2. The molecule has 1 aliphatic heterocycles. The fraction of sp³-hybridized carbons (Fsp3) is 0.600. The predicted octanol–water partition coefficient (Wildman–Crippen LogP) is 0.866. The summed E-state index contributed by atoms with van der Waals surface area (Å²) in [4.78, 5) is 25.0. The molecule has 2 amide bonds. The Morgan fingerprint density at radius 2 is 1.80 bits per heavy atom. The number of hydrogen-bond acceptors (Lipinski definition) is 5. The van der Waals surface area contributed by atoms with Crippen LogP contribution >= 0.6 is 0 Å². The highest BCUT2D eigenvalue weighted by Crippen LogP contribution is 2.24. The fourth-order valence-electron chi connectivity index (χ4n) is 3.32. The van der Waals surface area contributed by atoms with E-state index in [0.29, 0.717) is 25.8 Å². The molecule has 168 valence electrons. The van der Waals surface area contributed by atoms with Crippen molar-refractivity contribution in [1.82, 2.24) is 14.9 Å². The van der Waals surface area contributed by atoms with E-state index in [2.05, 4.69) is 10.6 Å². The molecule has 0 bridgehead atoms. The highest BCUT2D eigenvalue weighted by molar-refractivity contribution is 7.89. The molecule has 30 heavy (non-hydrogen) atoms. The number of rotatable bonds is 9. The molecule has 0 unspecified atom stereocenters. The summed E-state index contributed by atoms with van der Waals surface area (Å²) in [5.74, 6) is -1.60. The second-order valence-corrected chi connectivity index (χ2v) is 9.67. The van der Waals surface area contributed by atoms with E-state index in [4.69, 9.17) is 5.11 Å². The number of nitrogens with zero attached hydrogens (tertiary/aromatic N) is 1. The minimum atomic E-state index is -3.74. The lowest BCUT2D eigenvalue weighted by Crippen LogP contribution is -2.52. The molecule has 1 aromatic rings. The first-order valence-corrected chi connectivity index (χ1v) is 11.6. The summed E-state index contributed by atoms with van der Waals surface area (Å²) in [6.45, 7) is 4.30. The van der Waals surface area contributed by atoms with E-state index in [1.165, 1.54) is 16.4 Å². The zero-order valence-electron chi connectivity index (χ0n) is 17.3. The van der Waals surface area contributed by atoms with Crippen molar-refractivity contribution in [3.8, 4) is 0 Å². The lowest BCUT2D eigenvalue weighted by molar-refractivity contribution is -0.132. The van der Waals surface area contributed by atoms with Crippen LogP contribution in [-0.4, -0.2) is 61.9 Å². The number of carbonyl (C=O) groups is 2. The van der Waals surface area contributed by atoms with Crippen LogP contribution in [0.1, 0.15) is 33.1 Å². The maximum absolute atomic E-state index is 13.1. The van der Waals surface area contributed by atoms with Crippen molar-refractivity contribution in [2.24, 2.45) is 11.8 Å². The van der Waals surface area contributed by atoms with E-state index < -0.39 is 27.8 Å². The van der Waals surface area contributed by atoms with E-state index in [1.807, 2.05) is 13.8 Å². The summed E-state index contributed by atoms with van der Waals surface area (Å²) in [5.41, 5.74) is 0. The third-order valence-electron chi connectivity index (χ3n) is 5.16. The van der Waals surface area contributed by atoms with Gasteiger partial charge in [-0.05, 0) is 49.4 Å². The highest BCUT2D eigenvalue weighted by atomic mass is 32.2. The van der Waals surface area contributed by atoms with Crippen LogP contribution in [0.4, 0.5) is 4.39 Å². The van der Waals surface area contributed by atoms with Gasteiger partial charge in [0.25, 0.3) is 0 Å². The molecule has 1 aromatic carbocycles. The Labute approximate surface area is 176 Å². The van der Waals surface area contributed by atoms with Crippen molar-refractivity contribution in [1.29, 1.82) is 0 Å². The Hall–Kier alpha value is -2.04. The number of sulfonamides is 1. The molecule has 0 aliphatic carbocycles. The van der Waals surface area contributed by atoms with Gasteiger partial charge in [-0.2, -0.15) is 4.31 Å². The highest BCUT2D eigenvalue weighted by Gasteiger charge is 2.34. The molecule has 1 atom stereocenters. The van der Waals surface area contributed by atoms with E-state index in [1.54, 1.807) is 0 Å². The maximum Gasteiger partial charge on any atom is 0.243 e. The van der Waals surface area contributed by atoms with Gasteiger partial charge < -0.3 is 15.7 Å². The van der Waals surface area contributed by atoms with Crippen molar-refractivity contribution < 1.29 is 27.5 Å². The number of carbonyl (C=O) groups excluding carboxylic acids is 2. The standard InChI is InChI=1S/C20H30FN3O5S/c1-14(2)18(20(27)22-10-3-13-25)23-19(26)15-8-11-24(12-9-15)30(28,29)17-6-4-16(21)5-7-17/h4-7,14-15,18,25H,3,8-13H2,1-2H3,(H,22,27)(H,23,26)/t18-/m0/s1. The van der Waals surface area contributed by atoms with Gasteiger partial charge in [0, 0.05) is 32.2 Å². The quantitative estimate of drug-likeness (QED) is 0.490. The number of hydrogen-bond donors (Lipinski definition) is 3.